The van der Waals surface area contributed by atoms with Gasteiger partial charge in [-0.05, 0) is 12.8 Å². The van der Waals surface area contributed by atoms with E-state index in [9.17, 15) is 0 Å². The second kappa shape index (κ2) is 3.20. The van der Waals surface area contributed by atoms with E-state index < -0.39 is 0 Å². The lowest BCUT2D eigenvalue weighted by Gasteiger charge is -2.36. The van der Waals surface area contributed by atoms with Crippen LogP contribution in [0.2, 0.25) is 0 Å². The van der Waals surface area contributed by atoms with E-state index in [-0.39, 0.29) is 5.92 Å². The molecule has 0 radical (unpaired) electrons. The number of nitrogens with zero attached hydrogens (tertiary/aromatic N) is 4. The van der Waals surface area contributed by atoms with Gasteiger partial charge in [0.1, 0.15) is 12.1 Å². The summed E-state index contributed by atoms with van der Waals surface area (Å²) in [5, 5.41) is 8.69. The first kappa shape index (κ1) is 8.66. The molecule has 4 heteroatoms. The normalized spacial score (nSPS) is 20.9. The summed E-state index contributed by atoms with van der Waals surface area (Å²) in [6, 6.07) is 4.34. The van der Waals surface area contributed by atoms with E-state index in [1.165, 1.54) is 18.5 Å². The number of rotatable bonds is 2. The molecule has 1 saturated heterocycles. The van der Waals surface area contributed by atoms with E-state index in [1.54, 1.807) is 6.33 Å². The maximum Gasteiger partial charge on any atom is 0.132 e. The van der Waals surface area contributed by atoms with Gasteiger partial charge in [-0.3, -0.25) is 0 Å². The Bertz CT molecular complexity index is 413. The Morgan fingerprint density at radius 1 is 1.33 bits per heavy atom. The fourth-order valence-corrected chi connectivity index (χ4v) is 1.88. The Hall–Kier alpha value is -1.63. The van der Waals surface area contributed by atoms with E-state index in [1.807, 2.05) is 0 Å². The Labute approximate surface area is 88.6 Å². The molecular formula is C11H12N4. The lowest BCUT2D eigenvalue weighted by atomic mass is 10.0. The smallest absolute Gasteiger partial charge is 0.132 e. The van der Waals surface area contributed by atoms with E-state index in [4.69, 9.17) is 5.26 Å². The molecule has 0 spiro atoms. The SMILES string of the molecule is N#CC1CN(c2cc(C3CC3)ncn2)C1. The molecule has 0 atom stereocenters. The highest BCUT2D eigenvalue weighted by Crippen LogP contribution is 2.39. The van der Waals surface area contributed by atoms with Gasteiger partial charge in [0.2, 0.25) is 0 Å². The summed E-state index contributed by atoms with van der Waals surface area (Å²) >= 11 is 0. The van der Waals surface area contributed by atoms with Crippen LogP contribution in [-0.2, 0) is 0 Å². The minimum atomic E-state index is 0.185. The van der Waals surface area contributed by atoms with Gasteiger partial charge in [-0.25, -0.2) is 9.97 Å². The van der Waals surface area contributed by atoms with Crippen LogP contribution >= 0.6 is 0 Å². The van der Waals surface area contributed by atoms with Crippen LogP contribution in [0.4, 0.5) is 5.82 Å². The zero-order valence-corrected chi connectivity index (χ0v) is 8.43. The van der Waals surface area contributed by atoms with Crippen molar-refractivity contribution >= 4 is 5.82 Å². The van der Waals surface area contributed by atoms with Crippen molar-refractivity contribution in [2.45, 2.75) is 18.8 Å². The minimum Gasteiger partial charge on any atom is -0.354 e. The van der Waals surface area contributed by atoms with Crippen LogP contribution in [-0.4, -0.2) is 23.1 Å². The zero-order valence-electron chi connectivity index (χ0n) is 8.43. The lowest BCUT2D eigenvalue weighted by Crippen LogP contribution is -2.46. The van der Waals surface area contributed by atoms with E-state index in [0.717, 1.165) is 18.9 Å². The Morgan fingerprint density at radius 2 is 2.13 bits per heavy atom. The van der Waals surface area contributed by atoms with Crippen LogP contribution in [0.15, 0.2) is 12.4 Å². The second-order valence-electron chi connectivity index (χ2n) is 4.31. The third kappa shape index (κ3) is 1.54. The molecule has 1 aromatic heterocycles. The fraction of sp³-hybridized carbons (Fsp3) is 0.545. The van der Waals surface area contributed by atoms with Gasteiger partial charge in [-0.1, -0.05) is 0 Å². The van der Waals surface area contributed by atoms with Crippen LogP contribution in [0, 0.1) is 17.2 Å². The van der Waals surface area contributed by atoms with Crippen LogP contribution < -0.4 is 4.90 Å². The van der Waals surface area contributed by atoms with Gasteiger partial charge in [-0.2, -0.15) is 5.26 Å². The van der Waals surface area contributed by atoms with Crippen molar-refractivity contribution in [3.05, 3.63) is 18.1 Å². The maximum absolute atomic E-state index is 8.69. The van der Waals surface area contributed by atoms with Crippen molar-refractivity contribution in [2.75, 3.05) is 18.0 Å². The number of anilines is 1. The monoisotopic (exact) mass is 200 g/mol. The molecule has 76 valence electrons. The summed E-state index contributed by atoms with van der Waals surface area (Å²) in [4.78, 5) is 10.7. The van der Waals surface area contributed by atoms with Gasteiger partial charge in [0.05, 0.1) is 12.0 Å². The van der Waals surface area contributed by atoms with Crippen LogP contribution in [0.5, 0.6) is 0 Å². The average Bonchev–Trinajstić information content (AvgIpc) is 3.00. The molecule has 2 heterocycles. The fourth-order valence-electron chi connectivity index (χ4n) is 1.88. The molecule has 0 unspecified atom stereocenters. The highest BCUT2D eigenvalue weighted by atomic mass is 15.2. The molecule has 1 aliphatic carbocycles. The molecule has 2 fully saturated rings. The Kier molecular flexibility index (Phi) is 1.84. The molecule has 1 aliphatic heterocycles. The highest BCUT2D eigenvalue weighted by molar-refractivity contribution is 5.44. The summed E-state index contributed by atoms with van der Waals surface area (Å²) in [5.74, 6) is 1.84. The van der Waals surface area contributed by atoms with Crippen molar-refractivity contribution in [3.8, 4) is 6.07 Å². The first-order valence-corrected chi connectivity index (χ1v) is 5.33. The number of hydrogen-bond acceptors (Lipinski definition) is 4. The van der Waals surface area contributed by atoms with Gasteiger partial charge >= 0.3 is 0 Å². The quantitative estimate of drug-likeness (QED) is 0.722. The summed E-state index contributed by atoms with van der Waals surface area (Å²) in [7, 11) is 0. The molecule has 3 rings (SSSR count). The first-order chi connectivity index (χ1) is 7.36. The van der Waals surface area contributed by atoms with Crippen LogP contribution in [0.25, 0.3) is 0 Å². The second-order valence-corrected chi connectivity index (χ2v) is 4.31. The van der Waals surface area contributed by atoms with Gasteiger partial charge in [0.15, 0.2) is 0 Å². The molecule has 15 heavy (non-hydrogen) atoms. The summed E-state index contributed by atoms with van der Waals surface area (Å²) < 4.78 is 0. The average molecular weight is 200 g/mol. The van der Waals surface area contributed by atoms with Crippen LogP contribution in [0.3, 0.4) is 0 Å². The zero-order chi connectivity index (χ0) is 10.3. The molecule has 0 N–H and O–H groups in total. The molecule has 1 aromatic rings. The summed E-state index contributed by atoms with van der Waals surface area (Å²) in [6.07, 6.45) is 4.16. The standard InChI is InChI=1S/C11H12N4/c12-4-8-5-15(6-8)11-3-10(9-1-2-9)13-7-14-11/h3,7-9H,1-2,5-6H2. The molecule has 0 aromatic carbocycles. The topological polar surface area (TPSA) is 52.8 Å². The third-order valence-corrected chi connectivity index (χ3v) is 3.06. The Morgan fingerprint density at radius 3 is 2.80 bits per heavy atom. The number of aromatic nitrogens is 2. The number of nitriles is 1. The van der Waals surface area contributed by atoms with Crippen molar-refractivity contribution in [3.63, 3.8) is 0 Å². The molecule has 1 saturated carbocycles. The minimum absolute atomic E-state index is 0.185. The Balaban J connectivity index is 1.75. The van der Waals surface area contributed by atoms with Gasteiger partial charge in [0.25, 0.3) is 0 Å². The molecule has 0 amide bonds. The molecule has 0 bridgehead atoms. The predicted octanol–water partition coefficient (Wildman–Crippen LogP) is 1.31. The largest absolute Gasteiger partial charge is 0.354 e. The van der Waals surface area contributed by atoms with Gasteiger partial charge in [-0.15, -0.1) is 0 Å². The summed E-state index contributed by atoms with van der Waals surface area (Å²) in [5.41, 5.74) is 1.17. The van der Waals surface area contributed by atoms with E-state index in [0.29, 0.717) is 5.92 Å². The number of hydrogen-bond donors (Lipinski definition) is 0. The van der Waals surface area contributed by atoms with Gasteiger partial charge < -0.3 is 4.90 Å². The third-order valence-electron chi connectivity index (χ3n) is 3.06. The van der Waals surface area contributed by atoms with Crippen molar-refractivity contribution < 1.29 is 0 Å². The van der Waals surface area contributed by atoms with Crippen molar-refractivity contribution in [1.82, 2.24) is 9.97 Å². The first-order valence-electron chi connectivity index (χ1n) is 5.33. The lowest BCUT2D eigenvalue weighted by molar-refractivity contribution is 0.499. The van der Waals surface area contributed by atoms with Crippen molar-refractivity contribution in [2.24, 2.45) is 5.92 Å². The molecule has 4 nitrogen and oxygen atoms in total. The predicted molar refractivity (Wildman–Crippen MR) is 55.3 cm³/mol. The van der Waals surface area contributed by atoms with E-state index in [2.05, 4.69) is 27.0 Å². The molecule has 2 aliphatic rings. The van der Waals surface area contributed by atoms with Crippen LogP contribution in [0.1, 0.15) is 24.5 Å². The molecular weight excluding hydrogens is 188 g/mol. The summed E-state index contributed by atoms with van der Waals surface area (Å²) in [6.45, 7) is 1.63. The highest BCUT2D eigenvalue weighted by Gasteiger charge is 2.30. The van der Waals surface area contributed by atoms with Gasteiger partial charge in [0, 0.05) is 30.8 Å². The maximum atomic E-state index is 8.69. The van der Waals surface area contributed by atoms with Crippen molar-refractivity contribution in [1.29, 1.82) is 5.26 Å². The van der Waals surface area contributed by atoms with E-state index >= 15 is 0 Å².